The van der Waals surface area contributed by atoms with Crippen molar-refractivity contribution in [2.45, 2.75) is 10.3 Å². The molecule has 0 saturated heterocycles. The van der Waals surface area contributed by atoms with Crippen molar-refractivity contribution in [3.63, 3.8) is 0 Å². The Labute approximate surface area is 99.3 Å². The zero-order valence-electron chi connectivity index (χ0n) is 7.34. The first-order valence-corrected chi connectivity index (χ1v) is 5.83. The average Bonchev–Trinajstić information content (AvgIpc) is 2.16. The molecule has 0 fully saturated rings. The predicted molar refractivity (Wildman–Crippen MR) is 64.3 cm³/mol. The molecule has 1 aromatic carbocycles. The largest absolute Gasteiger partial charge is 0.399 e. The summed E-state index contributed by atoms with van der Waals surface area (Å²) in [5, 5.41) is 2.74. The fourth-order valence-electron chi connectivity index (χ4n) is 0.902. The third kappa shape index (κ3) is 3.67. The molecule has 0 aliphatic rings. The van der Waals surface area contributed by atoms with Crippen LogP contribution in [0.2, 0.25) is 0 Å². The standard InChI is InChI=1S/C9H10Br2N2O/c10-8(11)9(14)13-5-6-1-3-7(12)4-2-6/h1-4,8H,5,12H2,(H,13,14). The van der Waals surface area contributed by atoms with Gasteiger partial charge in [0.2, 0.25) is 5.91 Å². The highest BCUT2D eigenvalue weighted by atomic mass is 79.9. The molecule has 0 aliphatic heterocycles. The molecule has 0 radical (unpaired) electrons. The summed E-state index contributed by atoms with van der Waals surface area (Å²) >= 11 is 6.22. The van der Waals surface area contributed by atoms with Gasteiger partial charge in [-0.2, -0.15) is 0 Å². The van der Waals surface area contributed by atoms with Crippen molar-refractivity contribution in [3.05, 3.63) is 29.8 Å². The topological polar surface area (TPSA) is 55.1 Å². The number of carbonyl (C=O) groups excluding carboxylic acids is 1. The molecule has 76 valence electrons. The number of halogens is 2. The van der Waals surface area contributed by atoms with Crippen molar-refractivity contribution in [1.29, 1.82) is 0 Å². The molecule has 1 rings (SSSR count). The lowest BCUT2D eigenvalue weighted by Gasteiger charge is -2.05. The van der Waals surface area contributed by atoms with Crippen molar-refractivity contribution >= 4 is 43.5 Å². The van der Waals surface area contributed by atoms with E-state index < -0.39 is 0 Å². The number of alkyl halides is 2. The number of anilines is 1. The van der Waals surface area contributed by atoms with Gasteiger partial charge in [-0.25, -0.2) is 0 Å². The lowest BCUT2D eigenvalue weighted by molar-refractivity contribution is -0.119. The van der Waals surface area contributed by atoms with Crippen LogP contribution in [0.1, 0.15) is 5.56 Å². The van der Waals surface area contributed by atoms with Gasteiger partial charge < -0.3 is 11.1 Å². The highest BCUT2D eigenvalue weighted by Gasteiger charge is 2.08. The Kier molecular flexibility index (Phi) is 4.41. The van der Waals surface area contributed by atoms with E-state index in [9.17, 15) is 4.79 Å². The van der Waals surface area contributed by atoms with E-state index in [0.29, 0.717) is 6.54 Å². The first-order chi connectivity index (χ1) is 6.59. The number of amides is 1. The number of nitrogens with one attached hydrogen (secondary N) is 1. The number of nitrogen functional groups attached to an aromatic ring is 1. The highest BCUT2D eigenvalue weighted by Crippen LogP contribution is 2.09. The molecule has 3 N–H and O–H groups in total. The molecule has 14 heavy (non-hydrogen) atoms. The Morgan fingerprint density at radius 2 is 1.93 bits per heavy atom. The second-order valence-corrected chi connectivity index (χ2v) is 5.82. The zero-order valence-corrected chi connectivity index (χ0v) is 10.5. The average molecular weight is 322 g/mol. The van der Waals surface area contributed by atoms with E-state index in [2.05, 4.69) is 37.2 Å². The van der Waals surface area contributed by atoms with Gasteiger partial charge in [-0.15, -0.1) is 0 Å². The van der Waals surface area contributed by atoms with Gasteiger partial charge in [0.25, 0.3) is 0 Å². The lowest BCUT2D eigenvalue weighted by atomic mass is 10.2. The second kappa shape index (κ2) is 5.36. The maximum Gasteiger partial charge on any atom is 0.244 e. The van der Waals surface area contributed by atoms with Crippen LogP contribution in [0.5, 0.6) is 0 Å². The van der Waals surface area contributed by atoms with Gasteiger partial charge in [0.15, 0.2) is 0 Å². The first-order valence-electron chi connectivity index (χ1n) is 4.00. The molecule has 0 aliphatic carbocycles. The van der Waals surface area contributed by atoms with Crippen LogP contribution < -0.4 is 11.1 Å². The van der Waals surface area contributed by atoms with Crippen LogP contribution in [-0.4, -0.2) is 9.64 Å². The van der Waals surface area contributed by atoms with Crippen molar-refractivity contribution in [2.24, 2.45) is 0 Å². The molecule has 5 heteroatoms. The maximum absolute atomic E-state index is 11.2. The lowest BCUT2D eigenvalue weighted by Crippen LogP contribution is -2.27. The van der Waals surface area contributed by atoms with Crippen molar-refractivity contribution in [1.82, 2.24) is 5.32 Å². The minimum absolute atomic E-state index is 0.0955. The van der Waals surface area contributed by atoms with Crippen molar-refractivity contribution in [3.8, 4) is 0 Å². The molecule has 0 unspecified atom stereocenters. The molecule has 0 atom stereocenters. The maximum atomic E-state index is 11.2. The summed E-state index contributed by atoms with van der Waals surface area (Å²) in [5.74, 6) is -0.0955. The van der Waals surface area contributed by atoms with Gasteiger partial charge in [-0.1, -0.05) is 44.0 Å². The third-order valence-electron chi connectivity index (χ3n) is 1.64. The summed E-state index contributed by atoms with van der Waals surface area (Å²) in [7, 11) is 0. The molecule has 3 nitrogen and oxygen atoms in total. The highest BCUT2D eigenvalue weighted by molar-refractivity contribution is 9.25. The van der Waals surface area contributed by atoms with Crippen LogP contribution in [-0.2, 0) is 11.3 Å². The fourth-order valence-corrected chi connectivity index (χ4v) is 1.23. The van der Waals surface area contributed by atoms with Crippen molar-refractivity contribution in [2.75, 3.05) is 5.73 Å². The normalized spacial score (nSPS) is 10.2. The monoisotopic (exact) mass is 320 g/mol. The minimum Gasteiger partial charge on any atom is -0.399 e. The summed E-state index contributed by atoms with van der Waals surface area (Å²) in [4.78, 5) is 11.2. The van der Waals surface area contributed by atoms with E-state index in [0.717, 1.165) is 11.3 Å². The number of carbonyl (C=O) groups is 1. The fraction of sp³-hybridized carbons (Fsp3) is 0.222. The SMILES string of the molecule is Nc1ccc(CNC(=O)C(Br)Br)cc1. The van der Waals surface area contributed by atoms with Gasteiger partial charge in [0.1, 0.15) is 3.74 Å². The first kappa shape index (κ1) is 11.5. The Bertz CT molecular complexity index is 311. The van der Waals surface area contributed by atoms with Gasteiger partial charge >= 0.3 is 0 Å². The molecule has 0 aromatic heterocycles. The van der Waals surface area contributed by atoms with Crippen LogP contribution >= 0.6 is 31.9 Å². The third-order valence-corrected chi connectivity index (χ3v) is 2.48. The van der Waals surface area contributed by atoms with E-state index in [1.807, 2.05) is 12.1 Å². The van der Waals surface area contributed by atoms with Gasteiger partial charge in [-0.05, 0) is 17.7 Å². The Hall–Kier alpha value is -0.550. The molecule has 0 heterocycles. The van der Waals surface area contributed by atoms with Crippen molar-refractivity contribution < 1.29 is 4.79 Å². The van der Waals surface area contributed by atoms with Crippen LogP contribution in [0, 0.1) is 0 Å². The van der Waals surface area contributed by atoms with E-state index in [-0.39, 0.29) is 9.64 Å². The van der Waals surface area contributed by atoms with Crippen LogP contribution in [0.3, 0.4) is 0 Å². The Morgan fingerprint density at radius 1 is 1.36 bits per heavy atom. The minimum atomic E-state index is -0.344. The summed E-state index contributed by atoms with van der Waals surface area (Å²) in [6, 6.07) is 7.38. The van der Waals surface area contributed by atoms with Crippen LogP contribution in [0.25, 0.3) is 0 Å². The number of benzene rings is 1. The van der Waals surface area contributed by atoms with E-state index >= 15 is 0 Å². The predicted octanol–water partition coefficient (Wildman–Crippen LogP) is 2.00. The number of hydrogen-bond donors (Lipinski definition) is 2. The molecule has 0 saturated carbocycles. The second-order valence-electron chi connectivity index (χ2n) is 2.76. The number of nitrogens with two attached hydrogens (primary N) is 1. The Balaban J connectivity index is 2.46. The molecule has 0 spiro atoms. The molecular weight excluding hydrogens is 312 g/mol. The zero-order chi connectivity index (χ0) is 10.6. The van der Waals surface area contributed by atoms with Gasteiger partial charge in [0.05, 0.1) is 0 Å². The smallest absolute Gasteiger partial charge is 0.244 e. The van der Waals surface area contributed by atoms with E-state index in [4.69, 9.17) is 5.73 Å². The van der Waals surface area contributed by atoms with Gasteiger partial charge in [-0.3, -0.25) is 4.79 Å². The number of rotatable bonds is 3. The Morgan fingerprint density at radius 3 is 2.43 bits per heavy atom. The van der Waals surface area contributed by atoms with Crippen LogP contribution in [0.4, 0.5) is 5.69 Å². The quantitative estimate of drug-likeness (QED) is 0.661. The molecule has 0 bridgehead atoms. The summed E-state index contributed by atoms with van der Waals surface area (Å²) in [6.07, 6.45) is 0. The van der Waals surface area contributed by atoms with E-state index in [1.165, 1.54) is 0 Å². The molecule has 1 amide bonds. The summed E-state index contributed by atoms with van der Waals surface area (Å²) in [6.45, 7) is 0.507. The van der Waals surface area contributed by atoms with Crippen LogP contribution in [0.15, 0.2) is 24.3 Å². The van der Waals surface area contributed by atoms with E-state index in [1.54, 1.807) is 12.1 Å². The molecular formula is C9H10Br2N2O. The summed E-state index contributed by atoms with van der Waals surface area (Å²) in [5.41, 5.74) is 7.27. The summed E-state index contributed by atoms with van der Waals surface area (Å²) < 4.78 is -0.344. The number of hydrogen-bond acceptors (Lipinski definition) is 2. The van der Waals surface area contributed by atoms with Gasteiger partial charge in [0, 0.05) is 12.2 Å². The molecule has 1 aromatic rings.